The molecule has 3 N–H and O–H groups in total. The number of nitrogen functional groups attached to an aromatic ring is 1. The number of piperazine rings is 1. The third-order valence-electron chi connectivity index (χ3n) is 11.7. The molecule has 4 saturated heterocycles. The first-order valence-corrected chi connectivity index (χ1v) is 19.0. The maximum atomic E-state index is 13.3. The van der Waals surface area contributed by atoms with Crippen molar-refractivity contribution in [1.82, 2.24) is 39.9 Å². The number of piperidine rings is 1. The molecule has 2 aromatic heterocycles. The standard InChI is InChI=1S/C40H39N11O5/c41-36-34-35(24-6-9-29(10-7-24)56-28-4-2-1-3-5-28)45-51(37(34)43-23-42-36)49-16-14-46(15-17-49)26-19-48(20-26)27-21-47(22-27)25-8-11-30-31(18-25)40(55)50(39(30)54)32-12-13-33(52)44-38(32)53/h1-11,18,23,26-27,32H,12-17,19-22H2,(H2,41,42,43)(H,44,52,53). The molecular weight excluding hydrogens is 715 g/mol. The monoisotopic (exact) mass is 753 g/mol. The molecule has 0 aliphatic carbocycles. The first-order valence-electron chi connectivity index (χ1n) is 19.0. The number of nitrogens with two attached hydrogens (primary N) is 1. The lowest BCUT2D eigenvalue weighted by atomic mass is 9.97. The van der Waals surface area contributed by atoms with E-state index in [0.29, 0.717) is 34.7 Å². The number of anilines is 2. The van der Waals surface area contributed by atoms with Gasteiger partial charge in [0.2, 0.25) is 11.8 Å². The molecule has 3 aromatic carbocycles. The number of aromatic nitrogens is 4. The van der Waals surface area contributed by atoms with E-state index >= 15 is 0 Å². The van der Waals surface area contributed by atoms with E-state index < -0.39 is 29.7 Å². The van der Waals surface area contributed by atoms with Crippen LogP contribution in [0.2, 0.25) is 0 Å². The Labute approximate surface area is 321 Å². The minimum atomic E-state index is -0.970. The second kappa shape index (κ2) is 13.4. The van der Waals surface area contributed by atoms with Crippen molar-refractivity contribution in [3.8, 4) is 22.8 Å². The second-order valence-corrected chi connectivity index (χ2v) is 15.0. The van der Waals surface area contributed by atoms with Crippen molar-refractivity contribution in [3.63, 3.8) is 0 Å². The van der Waals surface area contributed by atoms with E-state index in [9.17, 15) is 19.2 Å². The zero-order chi connectivity index (χ0) is 38.1. The highest BCUT2D eigenvalue weighted by molar-refractivity contribution is 6.23. The number of para-hydroxylation sites is 1. The number of ether oxygens (including phenoxy) is 1. The Morgan fingerprint density at radius 3 is 2.21 bits per heavy atom. The first-order chi connectivity index (χ1) is 27.3. The highest BCUT2D eigenvalue weighted by Crippen LogP contribution is 2.35. The smallest absolute Gasteiger partial charge is 0.262 e. The normalized spacial score (nSPS) is 21.0. The SMILES string of the molecule is Nc1ncnc2c1c(-c1ccc(Oc3ccccc3)cc1)nn2N1CCN(C2CN(C3CN(c4ccc5c(c4)C(=O)N(C4CCC(=O)NC4=O)C5=O)C3)C2)CC1. The number of nitrogens with one attached hydrogen (secondary N) is 1. The Balaban J connectivity index is 0.739. The number of benzene rings is 3. The Morgan fingerprint density at radius 1 is 0.750 bits per heavy atom. The second-order valence-electron chi connectivity index (χ2n) is 15.0. The van der Waals surface area contributed by atoms with Crippen molar-refractivity contribution in [2.24, 2.45) is 0 Å². The molecule has 16 nitrogen and oxygen atoms in total. The van der Waals surface area contributed by atoms with Gasteiger partial charge in [0.25, 0.3) is 11.8 Å². The zero-order valence-electron chi connectivity index (χ0n) is 30.5. The van der Waals surface area contributed by atoms with Gasteiger partial charge >= 0.3 is 0 Å². The molecule has 0 bridgehead atoms. The van der Waals surface area contributed by atoms with E-state index in [-0.39, 0.29) is 12.8 Å². The molecule has 4 fully saturated rings. The van der Waals surface area contributed by atoms with E-state index in [0.717, 1.165) is 91.1 Å². The van der Waals surface area contributed by atoms with Crippen LogP contribution in [0.25, 0.3) is 22.3 Å². The largest absolute Gasteiger partial charge is 0.457 e. The van der Waals surface area contributed by atoms with Crippen LogP contribution >= 0.6 is 0 Å². The molecule has 1 unspecified atom stereocenters. The molecule has 0 radical (unpaired) electrons. The minimum Gasteiger partial charge on any atom is -0.457 e. The van der Waals surface area contributed by atoms with Crippen molar-refractivity contribution in [2.45, 2.75) is 31.0 Å². The van der Waals surface area contributed by atoms with Crippen LogP contribution in [0.15, 0.2) is 79.1 Å². The molecule has 0 saturated carbocycles. The summed E-state index contributed by atoms with van der Waals surface area (Å²) in [5.74, 6) is -0.0823. The lowest BCUT2D eigenvalue weighted by Crippen LogP contribution is -2.71. The van der Waals surface area contributed by atoms with Gasteiger partial charge in [0.15, 0.2) is 5.65 Å². The fourth-order valence-corrected chi connectivity index (χ4v) is 8.50. The Morgan fingerprint density at radius 2 is 1.46 bits per heavy atom. The number of carbonyl (C=O) groups is 4. The predicted octanol–water partition coefficient (Wildman–Crippen LogP) is 2.10. The number of likely N-dealkylation sites (tertiary alicyclic amines) is 1. The maximum absolute atomic E-state index is 13.3. The molecule has 7 heterocycles. The van der Waals surface area contributed by atoms with Gasteiger partial charge in [-0.2, -0.15) is 4.79 Å². The molecule has 0 spiro atoms. The van der Waals surface area contributed by atoms with Gasteiger partial charge in [-0.15, -0.1) is 5.10 Å². The van der Waals surface area contributed by atoms with Gasteiger partial charge in [-0.3, -0.25) is 44.2 Å². The molecule has 5 aliphatic rings. The average Bonchev–Trinajstić information content (AvgIpc) is 3.68. The fourth-order valence-electron chi connectivity index (χ4n) is 8.50. The molecular formula is C40H39N11O5. The lowest BCUT2D eigenvalue weighted by molar-refractivity contribution is -0.136. The van der Waals surface area contributed by atoms with E-state index in [1.54, 1.807) is 12.1 Å². The van der Waals surface area contributed by atoms with Crippen LogP contribution in [0, 0.1) is 0 Å². The third-order valence-corrected chi connectivity index (χ3v) is 11.7. The number of amides is 4. The number of hydrogen-bond acceptors (Lipinski definition) is 13. The highest BCUT2D eigenvalue weighted by atomic mass is 16.5. The summed E-state index contributed by atoms with van der Waals surface area (Å²) < 4.78 is 5.99. The van der Waals surface area contributed by atoms with Gasteiger partial charge < -0.3 is 15.4 Å². The van der Waals surface area contributed by atoms with Crippen molar-refractivity contribution in [1.29, 1.82) is 0 Å². The van der Waals surface area contributed by atoms with Crippen LogP contribution in [0.5, 0.6) is 11.5 Å². The third kappa shape index (κ3) is 5.79. The number of imide groups is 2. The van der Waals surface area contributed by atoms with Crippen LogP contribution < -0.4 is 25.7 Å². The number of rotatable bonds is 8. The van der Waals surface area contributed by atoms with E-state index in [1.165, 1.54) is 6.33 Å². The van der Waals surface area contributed by atoms with Gasteiger partial charge in [0, 0.05) is 82.1 Å². The van der Waals surface area contributed by atoms with Crippen LogP contribution in [0.4, 0.5) is 11.5 Å². The summed E-state index contributed by atoms with van der Waals surface area (Å²) in [6.07, 6.45) is 1.72. The molecule has 284 valence electrons. The average molecular weight is 754 g/mol. The van der Waals surface area contributed by atoms with Gasteiger partial charge in [-0.25, -0.2) is 9.97 Å². The molecule has 56 heavy (non-hydrogen) atoms. The highest BCUT2D eigenvalue weighted by Gasteiger charge is 2.46. The van der Waals surface area contributed by atoms with Crippen molar-refractivity contribution in [3.05, 3.63) is 90.3 Å². The summed E-state index contributed by atoms with van der Waals surface area (Å²) in [7, 11) is 0. The predicted molar refractivity (Wildman–Crippen MR) is 206 cm³/mol. The van der Waals surface area contributed by atoms with Crippen LogP contribution in [0.1, 0.15) is 33.6 Å². The number of nitrogens with zero attached hydrogens (tertiary/aromatic N) is 9. The summed E-state index contributed by atoms with van der Waals surface area (Å²) in [5, 5.41) is 10.2. The summed E-state index contributed by atoms with van der Waals surface area (Å²) >= 11 is 0. The van der Waals surface area contributed by atoms with Crippen LogP contribution in [-0.2, 0) is 9.59 Å². The topological polar surface area (TPSA) is 175 Å². The Bertz CT molecular complexity index is 2380. The molecule has 10 rings (SSSR count). The Kier molecular flexibility index (Phi) is 8.18. The first kappa shape index (κ1) is 34.1. The van der Waals surface area contributed by atoms with Gasteiger partial charge in [-0.1, -0.05) is 18.2 Å². The fraction of sp³-hybridized carbons (Fsp3) is 0.325. The summed E-state index contributed by atoms with van der Waals surface area (Å²) in [6.45, 7) is 7.04. The quantitative estimate of drug-likeness (QED) is 0.221. The molecule has 16 heteroatoms. The van der Waals surface area contributed by atoms with Gasteiger partial charge in [0.05, 0.1) is 16.5 Å². The minimum absolute atomic E-state index is 0.0937. The van der Waals surface area contributed by atoms with Crippen molar-refractivity contribution >= 4 is 46.2 Å². The summed E-state index contributed by atoms with van der Waals surface area (Å²) in [4.78, 5) is 69.5. The molecule has 5 aromatic rings. The van der Waals surface area contributed by atoms with Crippen molar-refractivity contribution in [2.75, 3.05) is 68.0 Å². The number of carbonyl (C=O) groups excluding carboxylic acids is 4. The molecule has 4 amide bonds. The molecule has 5 aliphatic heterocycles. The number of fused-ring (bicyclic) bond motifs is 2. The van der Waals surface area contributed by atoms with E-state index in [4.69, 9.17) is 15.6 Å². The summed E-state index contributed by atoms with van der Waals surface area (Å²) in [5.41, 5.74) is 10.2. The van der Waals surface area contributed by atoms with Crippen LogP contribution in [0.3, 0.4) is 0 Å². The van der Waals surface area contributed by atoms with Crippen molar-refractivity contribution < 1.29 is 23.9 Å². The van der Waals surface area contributed by atoms with Gasteiger partial charge in [0.1, 0.15) is 35.4 Å². The summed E-state index contributed by atoms with van der Waals surface area (Å²) in [6, 6.07) is 22.7. The number of hydrogen-bond donors (Lipinski definition) is 2. The van der Waals surface area contributed by atoms with Gasteiger partial charge in [-0.05, 0) is 61.0 Å². The van der Waals surface area contributed by atoms with E-state index in [2.05, 4.69) is 35.0 Å². The molecule has 1 atom stereocenters. The van der Waals surface area contributed by atoms with Crippen LogP contribution in [-0.4, -0.2) is 129 Å². The van der Waals surface area contributed by atoms with E-state index in [1.807, 2.05) is 65.5 Å². The maximum Gasteiger partial charge on any atom is 0.262 e. The Hall–Kier alpha value is -6.39. The zero-order valence-corrected chi connectivity index (χ0v) is 30.5. The lowest BCUT2D eigenvalue weighted by Gasteiger charge is -2.55.